The molecular weight excluding hydrogens is 457 g/mol. The van der Waals surface area contributed by atoms with Gasteiger partial charge in [-0.15, -0.1) is 0 Å². The van der Waals surface area contributed by atoms with Crippen LogP contribution in [0, 0.1) is 5.41 Å². The number of carbonyl (C=O) groups excluding carboxylic acids is 3. The molecule has 190 valence electrons. The topological polar surface area (TPSA) is 129 Å². The number of nitrogens with zero attached hydrogens (tertiary/aromatic N) is 3. The highest BCUT2D eigenvalue weighted by atomic mass is 19.4. The number of ketones is 1. The summed E-state index contributed by atoms with van der Waals surface area (Å²) in [6.45, 7) is 7.21. The van der Waals surface area contributed by atoms with Crippen molar-refractivity contribution in [3.8, 4) is 0 Å². The summed E-state index contributed by atoms with van der Waals surface area (Å²) in [5.74, 6) is -1.55. The summed E-state index contributed by atoms with van der Waals surface area (Å²) in [4.78, 5) is 37.6. The van der Waals surface area contributed by atoms with Crippen molar-refractivity contribution in [2.75, 3.05) is 18.4 Å². The van der Waals surface area contributed by atoms with E-state index in [9.17, 15) is 27.6 Å². The van der Waals surface area contributed by atoms with Crippen LogP contribution in [0.3, 0.4) is 0 Å². The van der Waals surface area contributed by atoms with E-state index in [0.717, 1.165) is 6.42 Å². The number of carbonyl (C=O) groups is 3. The number of Topliss-reactive ketones (excluding diaryl/α,β-unsaturated/α-hetero) is 1. The lowest BCUT2D eigenvalue weighted by atomic mass is 9.89. The van der Waals surface area contributed by atoms with Crippen molar-refractivity contribution in [1.29, 1.82) is 0 Å². The third-order valence-corrected chi connectivity index (χ3v) is 5.22. The SMILES string of the molecule is CCCC[C@H](NC(=O)O[C@H](CN1CCC(C(F)(F)F)=N1)C(C)(C)C)C(=O)C(=O)Nc1ccn[nH]1. The highest BCUT2D eigenvalue weighted by molar-refractivity contribution is 6.42. The summed E-state index contributed by atoms with van der Waals surface area (Å²) in [7, 11) is 0. The van der Waals surface area contributed by atoms with E-state index in [4.69, 9.17) is 4.74 Å². The van der Waals surface area contributed by atoms with Crippen molar-refractivity contribution in [3.63, 3.8) is 0 Å². The van der Waals surface area contributed by atoms with Crippen LogP contribution in [0.1, 0.15) is 53.4 Å². The average molecular weight is 489 g/mol. The Hall–Kier alpha value is -3.12. The lowest BCUT2D eigenvalue weighted by Gasteiger charge is -2.33. The van der Waals surface area contributed by atoms with Gasteiger partial charge in [0.05, 0.1) is 12.7 Å². The minimum atomic E-state index is -4.51. The van der Waals surface area contributed by atoms with Crippen LogP contribution in [-0.2, 0) is 14.3 Å². The first-order valence-corrected chi connectivity index (χ1v) is 11.0. The number of amides is 2. The maximum Gasteiger partial charge on any atom is 0.431 e. The number of anilines is 1. The molecule has 3 N–H and O–H groups in total. The molecule has 0 unspecified atom stereocenters. The number of hydrazone groups is 1. The van der Waals surface area contributed by atoms with Gasteiger partial charge in [0.2, 0.25) is 5.78 Å². The second-order valence-electron chi connectivity index (χ2n) is 9.09. The number of H-pyrrole nitrogens is 1. The molecule has 1 aliphatic heterocycles. The van der Waals surface area contributed by atoms with Crippen LogP contribution >= 0.6 is 0 Å². The molecular formula is C21H31F3N6O4. The number of aromatic amines is 1. The lowest BCUT2D eigenvalue weighted by Crippen LogP contribution is -2.49. The Bertz CT molecular complexity index is 880. The van der Waals surface area contributed by atoms with E-state index in [-0.39, 0.29) is 31.7 Å². The number of rotatable bonds is 10. The maximum atomic E-state index is 12.9. The Kier molecular flexibility index (Phi) is 9.05. The Labute approximate surface area is 195 Å². The van der Waals surface area contributed by atoms with Gasteiger partial charge in [-0.1, -0.05) is 40.5 Å². The van der Waals surface area contributed by atoms with Gasteiger partial charge in [-0.2, -0.15) is 23.4 Å². The van der Waals surface area contributed by atoms with Gasteiger partial charge >= 0.3 is 12.3 Å². The summed E-state index contributed by atoms with van der Waals surface area (Å²) in [5, 5.41) is 15.8. The number of alkyl carbamates (subject to hydrolysis) is 1. The van der Waals surface area contributed by atoms with Crippen molar-refractivity contribution >= 4 is 29.3 Å². The monoisotopic (exact) mass is 488 g/mol. The van der Waals surface area contributed by atoms with Crippen LogP contribution in [0.15, 0.2) is 17.4 Å². The van der Waals surface area contributed by atoms with Crippen LogP contribution < -0.4 is 10.6 Å². The third-order valence-electron chi connectivity index (χ3n) is 5.22. The molecule has 0 radical (unpaired) electrons. The summed E-state index contributed by atoms with van der Waals surface area (Å²) in [6, 6.07) is 0.338. The molecule has 1 aliphatic rings. The second-order valence-corrected chi connectivity index (χ2v) is 9.09. The van der Waals surface area contributed by atoms with E-state index in [0.29, 0.717) is 6.42 Å². The molecule has 2 atom stereocenters. The Morgan fingerprint density at radius 3 is 2.50 bits per heavy atom. The molecule has 0 saturated heterocycles. The third kappa shape index (κ3) is 8.03. The molecule has 0 bridgehead atoms. The predicted molar refractivity (Wildman–Crippen MR) is 118 cm³/mol. The first kappa shape index (κ1) is 27.1. The smallest absolute Gasteiger partial charge is 0.431 e. The number of hydrogen-bond acceptors (Lipinski definition) is 7. The molecule has 13 heteroatoms. The summed E-state index contributed by atoms with van der Waals surface area (Å²) >= 11 is 0. The van der Waals surface area contributed by atoms with Gasteiger partial charge in [0.15, 0.2) is 0 Å². The number of ether oxygens (including phenoxy) is 1. The van der Waals surface area contributed by atoms with Crippen molar-refractivity contribution in [1.82, 2.24) is 20.5 Å². The molecule has 2 heterocycles. The van der Waals surface area contributed by atoms with E-state index in [1.54, 1.807) is 20.8 Å². The zero-order valence-corrected chi connectivity index (χ0v) is 19.7. The minimum Gasteiger partial charge on any atom is -0.444 e. The van der Waals surface area contributed by atoms with Crippen molar-refractivity contribution < 1.29 is 32.3 Å². The maximum absolute atomic E-state index is 12.9. The molecule has 2 rings (SSSR count). The molecule has 2 amide bonds. The van der Waals surface area contributed by atoms with Crippen LogP contribution in [0.4, 0.5) is 23.8 Å². The second kappa shape index (κ2) is 11.3. The zero-order valence-electron chi connectivity index (χ0n) is 19.7. The Morgan fingerprint density at radius 1 is 1.26 bits per heavy atom. The summed E-state index contributed by atoms with van der Waals surface area (Å²) in [5.41, 5.74) is -1.51. The van der Waals surface area contributed by atoms with E-state index in [1.165, 1.54) is 17.3 Å². The van der Waals surface area contributed by atoms with Gasteiger partial charge in [-0.25, -0.2) is 4.79 Å². The van der Waals surface area contributed by atoms with Crippen LogP contribution in [0.5, 0.6) is 0 Å². The molecule has 1 aromatic rings. The molecule has 0 saturated carbocycles. The largest absolute Gasteiger partial charge is 0.444 e. The van der Waals surface area contributed by atoms with E-state index in [1.807, 2.05) is 6.92 Å². The van der Waals surface area contributed by atoms with E-state index in [2.05, 4.69) is 25.9 Å². The molecule has 0 fully saturated rings. The van der Waals surface area contributed by atoms with Crippen molar-refractivity contribution in [2.45, 2.75) is 71.7 Å². The fraction of sp³-hybridized carbons (Fsp3) is 0.667. The predicted octanol–water partition coefficient (Wildman–Crippen LogP) is 3.24. The van der Waals surface area contributed by atoms with Crippen LogP contribution in [-0.4, -0.2) is 70.1 Å². The zero-order chi connectivity index (χ0) is 25.5. The quantitative estimate of drug-likeness (QED) is 0.434. The molecule has 34 heavy (non-hydrogen) atoms. The molecule has 0 aromatic carbocycles. The van der Waals surface area contributed by atoms with Gasteiger partial charge in [-0.05, 0) is 6.42 Å². The number of halogens is 3. The Balaban J connectivity index is 2.04. The first-order valence-electron chi connectivity index (χ1n) is 11.0. The van der Waals surface area contributed by atoms with Crippen molar-refractivity contribution in [3.05, 3.63) is 12.3 Å². The molecule has 0 aliphatic carbocycles. The molecule has 1 aromatic heterocycles. The summed E-state index contributed by atoms with van der Waals surface area (Å²) < 4.78 is 44.2. The standard InChI is InChI=1S/C21H31F3N6O4/c1-5-6-7-13(17(31)18(32)27-16-8-10-25-28-16)26-19(33)34-15(20(2,3)4)12-30-11-9-14(29-30)21(22,23)24/h8,10,13,15H,5-7,9,11-12H2,1-4H3,(H,26,33)(H2,25,27,28,32)/t13-,15+/m0/s1. The van der Waals surface area contributed by atoms with Crippen LogP contribution in [0.25, 0.3) is 0 Å². The highest BCUT2D eigenvalue weighted by Gasteiger charge is 2.40. The summed E-state index contributed by atoms with van der Waals surface area (Å²) in [6.07, 6.45) is -3.61. The molecule has 10 nitrogen and oxygen atoms in total. The molecule has 0 spiro atoms. The average Bonchev–Trinajstić information content (AvgIpc) is 3.41. The number of alkyl halides is 3. The van der Waals surface area contributed by atoms with Crippen LogP contribution in [0.2, 0.25) is 0 Å². The fourth-order valence-electron chi connectivity index (χ4n) is 3.17. The number of nitrogens with one attached hydrogen (secondary N) is 3. The van der Waals surface area contributed by atoms with Gasteiger partial charge in [-0.3, -0.25) is 19.7 Å². The van der Waals surface area contributed by atoms with Gasteiger partial charge in [0.25, 0.3) is 5.91 Å². The minimum absolute atomic E-state index is 0.0512. The highest BCUT2D eigenvalue weighted by Crippen LogP contribution is 2.28. The number of hydrogen-bond donors (Lipinski definition) is 3. The van der Waals surface area contributed by atoms with Gasteiger partial charge in [0.1, 0.15) is 23.7 Å². The fourth-order valence-corrected chi connectivity index (χ4v) is 3.17. The normalized spacial score (nSPS) is 16.0. The van der Waals surface area contributed by atoms with Gasteiger partial charge in [0, 0.05) is 24.4 Å². The number of aromatic nitrogens is 2. The first-order chi connectivity index (χ1) is 15.8. The lowest BCUT2D eigenvalue weighted by molar-refractivity contribution is -0.136. The van der Waals surface area contributed by atoms with Gasteiger partial charge < -0.3 is 15.4 Å². The van der Waals surface area contributed by atoms with E-state index >= 15 is 0 Å². The van der Waals surface area contributed by atoms with E-state index < -0.39 is 47.2 Å². The Morgan fingerprint density at radius 2 is 1.97 bits per heavy atom. The van der Waals surface area contributed by atoms with Crippen molar-refractivity contribution in [2.24, 2.45) is 10.5 Å². The number of unbranched alkanes of at least 4 members (excludes halogenated alkanes) is 1.